The summed E-state index contributed by atoms with van der Waals surface area (Å²) in [4.78, 5) is 0. The summed E-state index contributed by atoms with van der Waals surface area (Å²) >= 11 is 6.00. The van der Waals surface area contributed by atoms with Crippen molar-refractivity contribution in [2.24, 2.45) is 0 Å². The van der Waals surface area contributed by atoms with Gasteiger partial charge in [0.2, 0.25) is 0 Å². The first-order chi connectivity index (χ1) is 11.5. The van der Waals surface area contributed by atoms with Crippen LogP contribution in [0.4, 0.5) is 4.39 Å². The maximum absolute atomic E-state index is 13.7. The number of hydrogen-bond acceptors (Lipinski definition) is 4. The lowest BCUT2D eigenvalue weighted by Crippen LogP contribution is -2.25. The smallest absolute Gasteiger partial charge is 0.338 e. The van der Waals surface area contributed by atoms with E-state index in [4.69, 9.17) is 20.5 Å². The van der Waals surface area contributed by atoms with Crippen molar-refractivity contribution in [3.63, 3.8) is 0 Å². The molecule has 0 aliphatic carbocycles. The average molecular weight is 372 g/mol. The van der Waals surface area contributed by atoms with Crippen molar-refractivity contribution in [3.8, 4) is 5.75 Å². The number of ether oxygens (including phenoxy) is 1. The zero-order chi connectivity index (χ0) is 17.2. The molecule has 0 bridgehead atoms. The summed E-state index contributed by atoms with van der Waals surface area (Å²) in [5.74, 6) is 0.0910. The summed E-state index contributed by atoms with van der Waals surface area (Å²) in [5.41, 5.74) is 1.00. The van der Waals surface area contributed by atoms with Crippen molar-refractivity contribution in [3.05, 3.63) is 64.4 Å². The Kier molecular flexibility index (Phi) is 5.05. The van der Waals surface area contributed by atoms with Crippen LogP contribution in [0.5, 0.6) is 5.75 Å². The fraction of sp³-hybridized carbons (Fsp3) is 0.250. The van der Waals surface area contributed by atoms with Crippen LogP contribution >= 0.6 is 11.6 Å². The standard InChI is InChI=1S/C16H15ClFNO4S/c17-14-5-6-16(22-11-12-3-1-2-4-15(12)18)13(9-14)10-19-7-8-23-24(19,20)21/h1-6,9H,7-8,10-11H2. The van der Waals surface area contributed by atoms with Crippen LogP contribution in [0.3, 0.4) is 0 Å². The third-order valence-electron chi connectivity index (χ3n) is 3.60. The maximum Gasteiger partial charge on any atom is 0.338 e. The first-order valence-electron chi connectivity index (χ1n) is 7.25. The van der Waals surface area contributed by atoms with Gasteiger partial charge in [-0.2, -0.15) is 12.7 Å². The molecular formula is C16H15ClFNO4S. The Morgan fingerprint density at radius 3 is 2.71 bits per heavy atom. The van der Waals surface area contributed by atoms with Gasteiger partial charge in [-0.1, -0.05) is 29.8 Å². The van der Waals surface area contributed by atoms with Crippen LogP contribution in [-0.2, 0) is 27.6 Å². The Bertz CT molecular complexity index is 844. The van der Waals surface area contributed by atoms with Gasteiger partial charge in [-0.25, -0.2) is 4.39 Å². The topological polar surface area (TPSA) is 55.8 Å². The summed E-state index contributed by atoms with van der Waals surface area (Å²) < 4.78 is 48.8. The minimum atomic E-state index is -3.71. The quantitative estimate of drug-likeness (QED) is 0.810. The third-order valence-corrected chi connectivity index (χ3v) is 5.24. The van der Waals surface area contributed by atoms with Crippen LogP contribution in [0, 0.1) is 5.82 Å². The summed E-state index contributed by atoms with van der Waals surface area (Å²) in [7, 11) is -3.71. The van der Waals surface area contributed by atoms with E-state index >= 15 is 0 Å². The molecule has 0 spiro atoms. The molecular weight excluding hydrogens is 357 g/mol. The van der Waals surface area contributed by atoms with Crippen molar-refractivity contribution in [1.29, 1.82) is 0 Å². The second-order valence-electron chi connectivity index (χ2n) is 5.25. The van der Waals surface area contributed by atoms with Crippen LogP contribution < -0.4 is 4.74 Å². The molecule has 128 valence electrons. The molecule has 3 rings (SSSR count). The molecule has 0 amide bonds. The molecule has 5 nitrogen and oxygen atoms in total. The van der Waals surface area contributed by atoms with Crippen molar-refractivity contribution < 1.29 is 21.7 Å². The number of nitrogens with zero attached hydrogens (tertiary/aromatic N) is 1. The van der Waals surface area contributed by atoms with Gasteiger partial charge in [-0.15, -0.1) is 0 Å². The summed E-state index contributed by atoms with van der Waals surface area (Å²) in [6, 6.07) is 11.2. The van der Waals surface area contributed by atoms with Gasteiger partial charge in [-0.3, -0.25) is 4.18 Å². The highest BCUT2D eigenvalue weighted by Gasteiger charge is 2.30. The normalized spacial score (nSPS) is 17.1. The van der Waals surface area contributed by atoms with E-state index in [0.717, 1.165) is 0 Å². The van der Waals surface area contributed by atoms with Crippen molar-refractivity contribution in [1.82, 2.24) is 4.31 Å². The highest BCUT2D eigenvalue weighted by Crippen LogP contribution is 2.27. The number of halogens is 2. The molecule has 24 heavy (non-hydrogen) atoms. The molecule has 8 heteroatoms. The van der Waals surface area contributed by atoms with Crippen LogP contribution in [0.2, 0.25) is 5.02 Å². The first kappa shape index (κ1) is 17.2. The fourth-order valence-corrected chi connectivity index (χ4v) is 3.59. The second-order valence-corrected chi connectivity index (χ2v) is 7.29. The summed E-state index contributed by atoms with van der Waals surface area (Å²) in [6.45, 7) is 0.496. The van der Waals surface area contributed by atoms with Crippen LogP contribution in [0.25, 0.3) is 0 Å². The second kappa shape index (κ2) is 7.06. The Hall–Kier alpha value is -1.67. The monoisotopic (exact) mass is 371 g/mol. The lowest BCUT2D eigenvalue weighted by molar-refractivity contribution is 0.293. The van der Waals surface area contributed by atoms with Gasteiger partial charge in [0.1, 0.15) is 18.2 Å². The number of hydrogen-bond donors (Lipinski definition) is 0. The molecule has 1 aliphatic heterocycles. The van der Waals surface area contributed by atoms with E-state index in [9.17, 15) is 12.8 Å². The van der Waals surface area contributed by atoms with E-state index in [1.807, 2.05) is 0 Å². The number of rotatable bonds is 5. The van der Waals surface area contributed by atoms with Gasteiger partial charge < -0.3 is 4.74 Å². The Morgan fingerprint density at radius 1 is 1.21 bits per heavy atom. The molecule has 0 radical (unpaired) electrons. The van der Waals surface area contributed by atoms with Gasteiger partial charge in [0.05, 0.1) is 6.61 Å². The number of benzene rings is 2. The average Bonchev–Trinajstić information content (AvgIpc) is 2.87. The van der Waals surface area contributed by atoms with E-state index in [-0.39, 0.29) is 32.1 Å². The van der Waals surface area contributed by atoms with Gasteiger partial charge in [-0.05, 0) is 24.3 Å². The highest BCUT2D eigenvalue weighted by molar-refractivity contribution is 7.84. The molecule has 0 unspecified atom stereocenters. The Labute approximate surface area is 144 Å². The lowest BCUT2D eigenvalue weighted by Gasteiger charge is -2.16. The molecule has 2 aromatic carbocycles. The Morgan fingerprint density at radius 2 is 2.00 bits per heavy atom. The molecule has 1 fully saturated rings. The van der Waals surface area contributed by atoms with Gasteiger partial charge in [0.15, 0.2) is 0 Å². The van der Waals surface area contributed by atoms with E-state index < -0.39 is 10.3 Å². The SMILES string of the molecule is O=S1(=O)OCCN1Cc1cc(Cl)ccc1OCc1ccccc1F. The van der Waals surface area contributed by atoms with E-state index in [1.54, 1.807) is 36.4 Å². The first-order valence-corrected chi connectivity index (χ1v) is 8.99. The van der Waals surface area contributed by atoms with Crippen molar-refractivity contribution in [2.75, 3.05) is 13.2 Å². The molecule has 0 atom stereocenters. The summed E-state index contributed by atoms with van der Waals surface area (Å²) in [5, 5.41) is 0.459. The molecule has 2 aromatic rings. The molecule has 0 aromatic heterocycles. The molecule has 1 saturated heterocycles. The van der Waals surface area contributed by atoms with Crippen molar-refractivity contribution in [2.45, 2.75) is 13.2 Å². The summed E-state index contributed by atoms with van der Waals surface area (Å²) in [6.07, 6.45) is 0. The Balaban J connectivity index is 1.79. The molecule has 0 saturated carbocycles. The van der Waals surface area contributed by atoms with Gasteiger partial charge >= 0.3 is 10.3 Å². The zero-order valence-electron chi connectivity index (χ0n) is 12.6. The maximum atomic E-state index is 13.7. The molecule has 0 N–H and O–H groups in total. The lowest BCUT2D eigenvalue weighted by atomic mass is 10.2. The van der Waals surface area contributed by atoms with Gasteiger partial charge in [0.25, 0.3) is 0 Å². The minimum Gasteiger partial charge on any atom is -0.488 e. The van der Waals surface area contributed by atoms with E-state index in [0.29, 0.717) is 21.9 Å². The predicted octanol–water partition coefficient (Wildman–Crippen LogP) is 3.14. The minimum absolute atomic E-state index is 0.0323. The fourth-order valence-electron chi connectivity index (χ4n) is 2.36. The van der Waals surface area contributed by atoms with Crippen LogP contribution in [-0.4, -0.2) is 25.9 Å². The predicted molar refractivity (Wildman–Crippen MR) is 87.5 cm³/mol. The third kappa shape index (κ3) is 3.87. The van der Waals surface area contributed by atoms with Crippen molar-refractivity contribution >= 4 is 21.9 Å². The molecule has 1 aliphatic rings. The van der Waals surface area contributed by atoms with E-state index in [1.165, 1.54) is 10.4 Å². The molecule has 1 heterocycles. The van der Waals surface area contributed by atoms with Crippen LogP contribution in [0.1, 0.15) is 11.1 Å². The largest absolute Gasteiger partial charge is 0.488 e. The highest BCUT2D eigenvalue weighted by atomic mass is 35.5. The van der Waals surface area contributed by atoms with Crippen LogP contribution in [0.15, 0.2) is 42.5 Å². The van der Waals surface area contributed by atoms with E-state index in [2.05, 4.69) is 0 Å². The zero-order valence-corrected chi connectivity index (χ0v) is 14.2. The van der Waals surface area contributed by atoms with Gasteiger partial charge in [0, 0.05) is 29.2 Å².